The van der Waals surface area contributed by atoms with Gasteiger partial charge >= 0.3 is 5.69 Å². The van der Waals surface area contributed by atoms with Gasteiger partial charge in [0.15, 0.2) is 0 Å². The van der Waals surface area contributed by atoms with Gasteiger partial charge in [-0.15, -0.1) is 0 Å². The molecule has 2 aromatic rings. The van der Waals surface area contributed by atoms with Gasteiger partial charge in [0.25, 0.3) is 0 Å². The number of amides is 1. The van der Waals surface area contributed by atoms with Gasteiger partial charge in [-0.05, 0) is 44.1 Å². The lowest BCUT2D eigenvalue weighted by Gasteiger charge is -2.34. The number of rotatable bonds is 3. The summed E-state index contributed by atoms with van der Waals surface area (Å²) in [7, 11) is 0. The Balaban J connectivity index is 1.59. The summed E-state index contributed by atoms with van der Waals surface area (Å²) in [6.07, 6.45) is 4.49. The summed E-state index contributed by atoms with van der Waals surface area (Å²) in [5, 5.41) is 4.55. The van der Waals surface area contributed by atoms with E-state index in [-0.39, 0.29) is 17.6 Å². The van der Waals surface area contributed by atoms with Crippen molar-refractivity contribution in [1.82, 2.24) is 19.2 Å². The van der Waals surface area contributed by atoms with Crippen LogP contribution in [0.3, 0.4) is 0 Å². The van der Waals surface area contributed by atoms with Crippen molar-refractivity contribution in [3.63, 3.8) is 0 Å². The average Bonchev–Trinajstić information content (AvgIpc) is 2.99. The number of likely N-dealkylation sites (tertiary alicyclic amines) is 1. The fourth-order valence-corrected chi connectivity index (χ4v) is 4.17. The van der Waals surface area contributed by atoms with E-state index in [4.69, 9.17) is 0 Å². The second kappa shape index (κ2) is 7.33. The van der Waals surface area contributed by atoms with Gasteiger partial charge in [0.2, 0.25) is 5.91 Å². The summed E-state index contributed by atoms with van der Waals surface area (Å²) in [6, 6.07) is 7.75. The molecule has 4 rings (SSSR count). The van der Waals surface area contributed by atoms with Gasteiger partial charge in [-0.2, -0.15) is 5.10 Å². The minimum absolute atomic E-state index is 0.0971. The first-order valence-electron chi connectivity index (χ1n) is 10.1. The lowest BCUT2D eigenvalue weighted by Crippen LogP contribution is -2.45. The highest BCUT2D eigenvalue weighted by molar-refractivity contribution is 5.80. The Kier molecular flexibility index (Phi) is 4.89. The van der Waals surface area contributed by atoms with Crippen molar-refractivity contribution in [2.24, 2.45) is 5.92 Å². The van der Waals surface area contributed by atoms with Crippen molar-refractivity contribution in [2.45, 2.75) is 58.5 Å². The molecule has 1 atom stereocenters. The van der Waals surface area contributed by atoms with E-state index in [2.05, 4.69) is 12.0 Å². The number of nitrogens with zero attached hydrogens (tertiary/aromatic N) is 4. The van der Waals surface area contributed by atoms with Crippen LogP contribution >= 0.6 is 0 Å². The molecule has 1 saturated heterocycles. The van der Waals surface area contributed by atoms with Crippen LogP contribution in [-0.4, -0.2) is 38.2 Å². The lowest BCUT2D eigenvalue weighted by molar-refractivity contribution is -0.136. The van der Waals surface area contributed by atoms with E-state index in [9.17, 15) is 9.59 Å². The quantitative estimate of drug-likeness (QED) is 0.836. The first-order chi connectivity index (χ1) is 13.0. The molecule has 0 N–H and O–H groups in total. The third-order valence-electron chi connectivity index (χ3n) is 5.96. The van der Waals surface area contributed by atoms with Gasteiger partial charge in [-0.3, -0.25) is 9.36 Å². The third-order valence-corrected chi connectivity index (χ3v) is 5.96. The normalized spacial score (nSPS) is 20.5. The Morgan fingerprint density at radius 2 is 1.85 bits per heavy atom. The molecule has 0 spiro atoms. The number of aromatic nitrogens is 3. The summed E-state index contributed by atoms with van der Waals surface area (Å²) in [6.45, 7) is 6.33. The van der Waals surface area contributed by atoms with Gasteiger partial charge in [-0.1, -0.05) is 36.8 Å². The number of carbonyl (C=O) groups excluding carboxylic acids is 1. The predicted molar refractivity (Wildman–Crippen MR) is 104 cm³/mol. The molecule has 0 saturated carbocycles. The number of aryl methyl sites for hydroxylation is 2. The summed E-state index contributed by atoms with van der Waals surface area (Å²) in [4.78, 5) is 28.1. The van der Waals surface area contributed by atoms with Crippen molar-refractivity contribution in [1.29, 1.82) is 0 Å². The second-order valence-corrected chi connectivity index (χ2v) is 8.13. The Hall–Kier alpha value is -2.37. The highest BCUT2D eigenvalue weighted by Gasteiger charge is 2.34. The average molecular weight is 368 g/mol. The maximum Gasteiger partial charge on any atom is 0.346 e. The van der Waals surface area contributed by atoms with Crippen LogP contribution in [0.1, 0.15) is 55.6 Å². The molecule has 2 aliphatic heterocycles. The van der Waals surface area contributed by atoms with Crippen molar-refractivity contribution in [3.05, 3.63) is 51.7 Å². The molecule has 144 valence electrons. The highest BCUT2D eigenvalue weighted by atomic mass is 16.2. The Bertz CT molecular complexity index is 873. The summed E-state index contributed by atoms with van der Waals surface area (Å²) in [5.74, 6) is 1.53. The van der Waals surface area contributed by atoms with Gasteiger partial charge in [0, 0.05) is 19.5 Å². The molecule has 1 aromatic heterocycles. The van der Waals surface area contributed by atoms with Crippen molar-refractivity contribution in [3.8, 4) is 0 Å². The van der Waals surface area contributed by atoms with Gasteiger partial charge < -0.3 is 4.90 Å². The number of fused-ring (bicyclic) bond motifs is 1. The molecule has 0 radical (unpaired) electrons. The van der Waals surface area contributed by atoms with Crippen molar-refractivity contribution < 1.29 is 4.79 Å². The fraction of sp³-hybridized carbons (Fsp3) is 0.571. The predicted octanol–water partition coefficient (Wildman–Crippen LogP) is 2.54. The topological polar surface area (TPSA) is 60.1 Å². The Morgan fingerprint density at radius 1 is 1.15 bits per heavy atom. The molecule has 0 bridgehead atoms. The zero-order valence-electron chi connectivity index (χ0n) is 16.2. The number of benzene rings is 1. The molecule has 6 nitrogen and oxygen atoms in total. The summed E-state index contributed by atoms with van der Waals surface area (Å²) < 4.78 is 3.18. The van der Waals surface area contributed by atoms with Gasteiger partial charge in [-0.25, -0.2) is 9.48 Å². The van der Waals surface area contributed by atoms with E-state index in [0.29, 0.717) is 12.5 Å². The van der Waals surface area contributed by atoms with Crippen LogP contribution in [-0.2, 0) is 17.8 Å². The van der Waals surface area contributed by atoms with E-state index in [0.717, 1.165) is 56.6 Å². The zero-order chi connectivity index (χ0) is 19.0. The smallest absolute Gasteiger partial charge is 0.341 e. The first kappa shape index (κ1) is 18.0. The van der Waals surface area contributed by atoms with Gasteiger partial charge in [0.1, 0.15) is 11.9 Å². The number of carbonyl (C=O) groups is 1. The van der Waals surface area contributed by atoms with Crippen molar-refractivity contribution in [2.75, 3.05) is 13.1 Å². The van der Waals surface area contributed by atoms with E-state index in [1.807, 2.05) is 36.1 Å². The molecule has 0 aliphatic carbocycles. The molecule has 1 amide bonds. The van der Waals surface area contributed by atoms with Crippen LogP contribution in [0.15, 0.2) is 29.1 Å². The van der Waals surface area contributed by atoms with Crippen LogP contribution in [0.5, 0.6) is 0 Å². The molecular weight excluding hydrogens is 340 g/mol. The maximum atomic E-state index is 13.1. The van der Waals surface area contributed by atoms with Crippen LogP contribution in [0.25, 0.3) is 0 Å². The largest absolute Gasteiger partial charge is 0.346 e. The van der Waals surface area contributed by atoms with Crippen LogP contribution in [0.4, 0.5) is 0 Å². The van der Waals surface area contributed by atoms with Gasteiger partial charge in [0.05, 0.1) is 6.54 Å². The molecule has 1 aromatic carbocycles. The Morgan fingerprint density at radius 3 is 2.56 bits per heavy atom. The number of hydrogen-bond acceptors (Lipinski definition) is 3. The van der Waals surface area contributed by atoms with Crippen LogP contribution in [0.2, 0.25) is 0 Å². The molecule has 6 heteroatoms. The first-order valence-corrected chi connectivity index (χ1v) is 10.1. The monoisotopic (exact) mass is 368 g/mol. The number of hydrogen-bond donors (Lipinski definition) is 0. The molecule has 3 heterocycles. The fourth-order valence-electron chi connectivity index (χ4n) is 4.17. The van der Waals surface area contributed by atoms with E-state index >= 15 is 0 Å². The Labute approximate surface area is 159 Å². The highest BCUT2D eigenvalue weighted by Crippen LogP contribution is 2.26. The molecule has 1 fully saturated rings. The summed E-state index contributed by atoms with van der Waals surface area (Å²) >= 11 is 0. The van der Waals surface area contributed by atoms with Crippen molar-refractivity contribution >= 4 is 5.91 Å². The third kappa shape index (κ3) is 3.57. The second-order valence-electron chi connectivity index (χ2n) is 8.13. The lowest BCUT2D eigenvalue weighted by atomic mass is 9.97. The molecule has 27 heavy (non-hydrogen) atoms. The van der Waals surface area contributed by atoms with Crippen LogP contribution < -0.4 is 5.69 Å². The van der Waals surface area contributed by atoms with E-state index in [1.165, 1.54) is 10.2 Å². The summed E-state index contributed by atoms with van der Waals surface area (Å²) in [5.41, 5.74) is 2.08. The maximum absolute atomic E-state index is 13.1. The van der Waals surface area contributed by atoms with E-state index in [1.54, 1.807) is 4.57 Å². The number of piperidine rings is 1. The van der Waals surface area contributed by atoms with Crippen LogP contribution in [0, 0.1) is 12.8 Å². The SMILES string of the molecule is Cc1ccc(Cn2nc3n(c2=O)C(C(=O)N2CCC(C)CC2)CCC3)cc1. The standard InChI is InChI=1S/C21H28N4O2/c1-15-6-8-17(9-7-15)14-24-21(27)25-18(4-3-5-19(25)22-24)20(26)23-12-10-16(2)11-13-23/h6-9,16,18H,3-5,10-14H2,1-2H3. The molecule has 2 aliphatic rings. The zero-order valence-corrected chi connectivity index (χ0v) is 16.2. The molecular formula is C21H28N4O2. The molecule has 1 unspecified atom stereocenters. The van der Waals surface area contributed by atoms with E-state index < -0.39 is 0 Å². The minimum atomic E-state index is -0.388. The minimum Gasteiger partial charge on any atom is -0.341 e.